The van der Waals surface area contributed by atoms with Crippen LogP contribution in [0.5, 0.6) is 0 Å². The lowest BCUT2D eigenvalue weighted by Gasteiger charge is -2.30. The molecule has 0 bridgehead atoms. The van der Waals surface area contributed by atoms with E-state index in [1.807, 2.05) is 13.0 Å². The topological polar surface area (TPSA) is 62.1 Å². The summed E-state index contributed by atoms with van der Waals surface area (Å²) in [6.07, 6.45) is 3.22. The van der Waals surface area contributed by atoms with Crippen molar-refractivity contribution in [1.29, 1.82) is 0 Å². The van der Waals surface area contributed by atoms with Crippen molar-refractivity contribution < 1.29 is 5.11 Å². The number of aryl methyl sites for hydroxylation is 1. The van der Waals surface area contributed by atoms with E-state index < -0.39 is 0 Å². The van der Waals surface area contributed by atoms with Crippen molar-refractivity contribution in [3.05, 3.63) is 35.5 Å². The zero-order valence-electron chi connectivity index (χ0n) is 12.9. The van der Waals surface area contributed by atoms with Crippen LogP contribution in [0.4, 0.5) is 5.82 Å². The number of fused-ring (bicyclic) bond motifs is 1. The zero-order chi connectivity index (χ0) is 15.8. The molecule has 6 heteroatoms. The Labute approximate surface area is 138 Å². The van der Waals surface area contributed by atoms with Gasteiger partial charge in [0.15, 0.2) is 5.82 Å². The molecule has 1 aliphatic rings. The highest BCUT2D eigenvalue weighted by atomic mass is 32.1. The fraction of sp³-hybridized carbons (Fsp3) is 0.353. The highest BCUT2D eigenvalue weighted by molar-refractivity contribution is 7.18. The molecule has 0 unspecified atom stereocenters. The number of hydrogen-bond acceptors (Lipinski definition) is 6. The van der Waals surface area contributed by atoms with Gasteiger partial charge < -0.3 is 10.0 Å². The first kappa shape index (κ1) is 14.5. The first-order valence-corrected chi connectivity index (χ1v) is 8.64. The highest BCUT2D eigenvalue weighted by Crippen LogP contribution is 2.27. The smallest absolute Gasteiger partial charge is 0.161 e. The minimum Gasteiger partial charge on any atom is -0.393 e. The van der Waals surface area contributed by atoms with E-state index in [1.54, 1.807) is 17.5 Å². The van der Waals surface area contributed by atoms with Crippen LogP contribution < -0.4 is 4.90 Å². The van der Waals surface area contributed by atoms with E-state index in [0.717, 1.165) is 53.7 Å². The van der Waals surface area contributed by atoms with Crippen molar-refractivity contribution in [2.24, 2.45) is 0 Å². The molecule has 5 nitrogen and oxygen atoms in total. The summed E-state index contributed by atoms with van der Waals surface area (Å²) in [5.74, 6) is 1.65. The molecular weight excluding hydrogens is 308 g/mol. The summed E-state index contributed by atoms with van der Waals surface area (Å²) in [6.45, 7) is 3.69. The van der Waals surface area contributed by atoms with E-state index in [-0.39, 0.29) is 6.10 Å². The number of rotatable bonds is 2. The number of piperidine rings is 1. The van der Waals surface area contributed by atoms with Crippen molar-refractivity contribution >= 4 is 27.4 Å². The molecule has 1 fully saturated rings. The number of aliphatic hydroxyl groups is 1. The minimum atomic E-state index is -0.178. The fourth-order valence-corrected chi connectivity index (χ4v) is 3.75. The maximum absolute atomic E-state index is 9.64. The van der Waals surface area contributed by atoms with E-state index in [1.165, 1.54) is 4.70 Å². The van der Waals surface area contributed by atoms with Crippen LogP contribution in [0.2, 0.25) is 0 Å². The van der Waals surface area contributed by atoms with Gasteiger partial charge in [0, 0.05) is 24.8 Å². The second-order valence-electron chi connectivity index (χ2n) is 5.87. The predicted molar refractivity (Wildman–Crippen MR) is 92.8 cm³/mol. The molecule has 1 saturated heterocycles. The Kier molecular flexibility index (Phi) is 3.71. The van der Waals surface area contributed by atoms with Gasteiger partial charge in [0.2, 0.25) is 0 Å². The average Bonchev–Trinajstić information content (AvgIpc) is 2.95. The van der Waals surface area contributed by atoms with Gasteiger partial charge in [0.25, 0.3) is 0 Å². The Balaban J connectivity index is 1.66. The van der Waals surface area contributed by atoms with Crippen LogP contribution in [0.1, 0.15) is 17.8 Å². The quantitative estimate of drug-likeness (QED) is 0.784. The molecule has 23 heavy (non-hydrogen) atoms. The van der Waals surface area contributed by atoms with Crippen molar-refractivity contribution in [3.63, 3.8) is 0 Å². The van der Waals surface area contributed by atoms with Gasteiger partial charge in [-0.25, -0.2) is 15.0 Å². The normalized spacial score (nSPS) is 16.2. The summed E-state index contributed by atoms with van der Waals surface area (Å²) in [5.41, 5.74) is 1.99. The summed E-state index contributed by atoms with van der Waals surface area (Å²) in [4.78, 5) is 15.9. The fourth-order valence-electron chi connectivity index (χ4n) is 2.94. The second kappa shape index (κ2) is 5.86. The molecule has 1 N–H and O–H groups in total. The average molecular weight is 326 g/mol. The molecule has 0 aliphatic carbocycles. The van der Waals surface area contributed by atoms with E-state index in [0.29, 0.717) is 0 Å². The molecule has 0 saturated carbocycles. The van der Waals surface area contributed by atoms with Crippen LogP contribution in [-0.2, 0) is 0 Å². The first-order valence-electron chi connectivity index (χ1n) is 7.83. The summed E-state index contributed by atoms with van der Waals surface area (Å²) in [6, 6.07) is 8.13. The minimum absolute atomic E-state index is 0.178. The Morgan fingerprint density at radius 2 is 2.00 bits per heavy atom. The monoisotopic (exact) mass is 326 g/mol. The Morgan fingerprint density at radius 3 is 2.83 bits per heavy atom. The molecule has 3 heterocycles. The number of anilines is 1. The van der Waals surface area contributed by atoms with E-state index >= 15 is 0 Å². The molecule has 1 aromatic carbocycles. The van der Waals surface area contributed by atoms with E-state index in [2.05, 4.69) is 33.1 Å². The maximum atomic E-state index is 9.64. The lowest BCUT2D eigenvalue weighted by molar-refractivity contribution is 0.145. The van der Waals surface area contributed by atoms with Gasteiger partial charge >= 0.3 is 0 Å². The van der Waals surface area contributed by atoms with Gasteiger partial charge in [0.1, 0.15) is 5.82 Å². The van der Waals surface area contributed by atoms with Gasteiger partial charge in [0.05, 0.1) is 21.3 Å². The predicted octanol–water partition coefficient (Wildman–Crippen LogP) is 3.02. The lowest BCUT2D eigenvalue weighted by atomic mass is 10.1. The third kappa shape index (κ3) is 2.92. The molecule has 0 atom stereocenters. The van der Waals surface area contributed by atoms with E-state index in [9.17, 15) is 5.11 Å². The van der Waals surface area contributed by atoms with Crippen molar-refractivity contribution in [3.8, 4) is 11.4 Å². The van der Waals surface area contributed by atoms with Crippen molar-refractivity contribution in [1.82, 2.24) is 15.0 Å². The second-order valence-corrected chi connectivity index (χ2v) is 7.11. The number of nitrogens with zero attached hydrogens (tertiary/aromatic N) is 4. The Morgan fingerprint density at radius 1 is 1.17 bits per heavy atom. The number of aromatic nitrogens is 3. The van der Waals surface area contributed by atoms with Crippen LogP contribution in [0.25, 0.3) is 21.6 Å². The largest absolute Gasteiger partial charge is 0.393 e. The molecule has 0 spiro atoms. The summed E-state index contributed by atoms with van der Waals surface area (Å²) >= 11 is 1.70. The standard InChI is InChI=1S/C17H18N4OS/c1-11-19-14-10-12(2-3-15(14)23-11)17-18-7-4-16(20-17)21-8-5-13(22)6-9-21/h2-4,7,10,13,22H,5-6,8-9H2,1H3. The van der Waals surface area contributed by atoms with Crippen LogP contribution in [0.3, 0.4) is 0 Å². The number of benzene rings is 1. The summed E-state index contributed by atoms with van der Waals surface area (Å²) in [7, 11) is 0. The molecule has 2 aromatic heterocycles. The van der Waals surface area contributed by atoms with Gasteiger partial charge in [-0.15, -0.1) is 11.3 Å². The van der Waals surface area contributed by atoms with Crippen molar-refractivity contribution in [2.75, 3.05) is 18.0 Å². The van der Waals surface area contributed by atoms with Gasteiger partial charge in [-0.3, -0.25) is 0 Å². The number of thiazole rings is 1. The molecule has 1 aliphatic heterocycles. The third-order valence-corrected chi connectivity index (χ3v) is 5.13. The Hall–Kier alpha value is -2.05. The SMILES string of the molecule is Cc1nc2cc(-c3nccc(N4CCC(O)CC4)n3)ccc2s1. The van der Waals surface area contributed by atoms with Crippen LogP contribution in [-0.4, -0.2) is 39.3 Å². The molecule has 0 radical (unpaired) electrons. The van der Waals surface area contributed by atoms with Crippen LogP contribution in [0.15, 0.2) is 30.5 Å². The van der Waals surface area contributed by atoms with Gasteiger partial charge in [-0.05, 0) is 44.0 Å². The molecular formula is C17H18N4OS. The highest BCUT2D eigenvalue weighted by Gasteiger charge is 2.18. The Bertz CT molecular complexity index is 839. The summed E-state index contributed by atoms with van der Waals surface area (Å²) < 4.78 is 1.19. The van der Waals surface area contributed by atoms with Gasteiger partial charge in [-0.2, -0.15) is 0 Å². The van der Waals surface area contributed by atoms with Crippen LogP contribution in [0, 0.1) is 6.92 Å². The van der Waals surface area contributed by atoms with Crippen molar-refractivity contribution in [2.45, 2.75) is 25.9 Å². The molecule has 4 rings (SSSR count). The number of aliphatic hydroxyl groups excluding tert-OH is 1. The van der Waals surface area contributed by atoms with E-state index in [4.69, 9.17) is 4.98 Å². The van der Waals surface area contributed by atoms with Gasteiger partial charge in [-0.1, -0.05) is 0 Å². The molecule has 118 valence electrons. The lowest BCUT2D eigenvalue weighted by Crippen LogP contribution is -2.36. The summed E-state index contributed by atoms with van der Waals surface area (Å²) in [5, 5.41) is 10.7. The maximum Gasteiger partial charge on any atom is 0.161 e. The van der Waals surface area contributed by atoms with Crippen LogP contribution >= 0.6 is 11.3 Å². The molecule has 0 amide bonds. The molecule has 3 aromatic rings. The third-order valence-electron chi connectivity index (χ3n) is 4.18. The first-order chi connectivity index (χ1) is 11.2. The zero-order valence-corrected chi connectivity index (χ0v) is 13.8. The number of hydrogen-bond donors (Lipinski definition) is 1.